The molecule has 0 aliphatic carbocycles. The molecule has 1 N–H and O–H groups in total. The van der Waals surface area contributed by atoms with Gasteiger partial charge in [0.2, 0.25) is 0 Å². The molecular weight excluding hydrogens is 292 g/mol. The highest BCUT2D eigenvalue weighted by atomic mass is 16.3. The van der Waals surface area contributed by atoms with Gasteiger partial charge in [-0.2, -0.15) is 0 Å². The Hall–Kier alpha value is -2.63. The van der Waals surface area contributed by atoms with E-state index in [0.29, 0.717) is 30.8 Å². The zero-order valence-electron chi connectivity index (χ0n) is 13.6. The number of para-hydroxylation sites is 1. The predicted molar refractivity (Wildman–Crippen MR) is 87.4 cm³/mol. The normalized spacial score (nSPS) is 11.1. The number of likely N-dealkylation sites (N-methyl/N-ethyl adjacent to an activating group) is 1. The Morgan fingerprint density at radius 1 is 1.39 bits per heavy atom. The molecule has 0 saturated carbocycles. The largest absolute Gasteiger partial charge is 0.448 e. The number of carbonyl (C=O) groups excluding carboxylic acids is 1. The molecule has 1 amide bonds. The lowest BCUT2D eigenvalue weighted by Gasteiger charge is -2.15. The molecule has 1 aromatic carbocycles. The van der Waals surface area contributed by atoms with Gasteiger partial charge in [0.05, 0.1) is 11.0 Å². The van der Waals surface area contributed by atoms with E-state index in [4.69, 9.17) is 4.42 Å². The van der Waals surface area contributed by atoms with Crippen molar-refractivity contribution in [1.82, 2.24) is 19.9 Å². The van der Waals surface area contributed by atoms with Crippen molar-refractivity contribution in [2.24, 2.45) is 0 Å². The lowest BCUT2D eigenvalue weighted by molar-refractivity contribution is 0.0789. The van der Waals surface area contributed by atoms with E-state index in [2.05, 4.69) is 15.0 Å². The number of aryl methyl sites for hydroxylation is 2. The maximum atomic E-state index is 12.4. The zero-order valence-corrected chi connectivity index (χ0v) is 13.6. The summed E-state index contributed by atoms with van der Waals surface area (Å²) in [6.07, 6.45) is 2.63. The van der Waals surface area contributed by atoms with Crippen molar-refractivity contribution >= 4 is 16.9 Å². The van der Waals surface area contributed by atoms with E-state index < -0.39 is 0 Å². The van der Waals surface area contributed by atoms with Crippen LogP contribution in [0.5, 0.6) is 0 Å². The molecule has 120 valence electrons. The van der Waals surface area contributed by atoms with Crippen molar-refractivity contribution in [3.05, 3.63) is 47.4 Å². The number of benzene rings is 1. The Morgan fingerprint density at radius 2 is 2.22 bits per heavy atom. The third-order valence-electron chi connectivity index (χ3n) is 3.96. The molecule has 0 aliphatic heterocycles. The van der Waals surface area contributed by atoms with E-state index in [0.717, 1.165) is 22.4 Å². The van der Waals surface area contributed by atoms with Crippen molar-refractivity contribution in [3.63, 3.8) is 0 Å². The summed E-state index contributed by atoms with van der Waals surface area (Å²) in [5, 5.41) is 0. The van der Waals surface area contributed by atoms with Crippen LogP contribution in [-0.4, -0.2) is 39.4 Å². The molecule has 2 aromatic heterocycles. The lowest BCUT2D eigenvalue weighted by atomic mass is 10.2. The van der Waals surface area contributed by atoms with Gasteiger partial charge >= 0.3 is 0 Å². The van der Waals surface area contributed by atoms with Crippen LogP contribution in [-0.2, 0) is 12.8 Å². The van der Waals surface area contributed by atoms with Crippen molar-refractivity contribution in [2.45, 2.75) is 26.7 Å². The quantitative estimate of drug-likeness (QED) is 0.786. The molecule has 0 unspecified atom stereocenters. The van der Waals surface area contributed by atoms with Crippen LogP contribution in [0.15, 0.2) is 29.0 Å². The first-order chi connectivity index (χ1) is 11.1. The fraction of sp³-hybridized carbons (Fsp3) is 0.353. The maximum absolute atomic E-state index is 12.4. The fourth-order valence-electron chi connectivity index (χ4n) is 2.60. The number of hydrogen-bond donors (Lipinski definition) is 1. The van der Waals surface area contributed by atoms with Gasteiger partial charge < -0.3 is 14.3 Å². The number of amides is 1. The molecule has 0 fully saturated rings. The molecule has 3 rings (SSSR count). The molecule has 0 bridgehead atoms. The third-order valence-corrected chi connectivity index (χ3v) is 3.96. The Labute approximate surface area is 134 Å². The van der Waals surface area contributed by atoms with Crippen LogP contribution in [0, 0.1) is 6.92 Å². The fourth-order valence-corrected chi connectivity index (χ4v) is 2.60. The molecule has 0 aliphatic rings. The summed E-state index contributed by atoms with van der Waals surface area (Å²) in [5.41, 5.74) is 3.56. The summed E-state index contributed by atoms with van der Waals surface area (Å²) in [4.78, 5) is 26.0. The van der Waals surface area contributed by atoms with Gasteiger partial charge in [-0.1, -0.05) is 19.1 Å². The number of nitrogens with one attached hydrogen (secondary N) is 1. The van der Waals surface area contributed by atoms with Gasteiger partial charge in [0.1, 0.15) is 11.6 Å². The highest BCUT2D eigenvalue weighted by molar-refractivity contribution is 5.93. The van der Waals surface area contributed by atoms with Gasteiger partial charge in [-0.05, 0) is 18.6 Å². The van der Waals surface area contributed by atoms with Crippen LogP contribution in [0.3, 0.4) is 0 Å². The topological polar surface area (TPSA) is 75.0 Å². The van der Waals surface area contributed by atoms with Gasteiger partial charge in [-0.3, -0.25) is 4.79 Å². The number of hydrogen-bond acceptors (Lipinski definition) is 4. The molecule has 6 heteroatoms. The van der Waals surface area contributed by atoms with Crippen molar-refractivity contribution in [3.8, 4) is 0 Å². The van der Waals surface area contributed by atoms with Crippen LogP contribution < -0.4 is 0 Å². The van der Waals surface area contributed by atoms with Gasteiger partial charge in [-0.25, -0.2) is 9.97 Å². The van der Waals surface area contributed by atoms with Crippen molar-refractivity contribution < 1.29 is 9.21 Å². The van der Waals surface area contributed by atoms with Crippen molar-refractivity contribution in [1.29, 1.82) is 0 Å². The van der Waals surface area contributed by atoms with Crippen LogP contribution in [0.25, 0.3) is 11.0 Å². The molecule has 0 spiro atoms. The predicted octanol–water partition coefficient (Wildman–Crippen LogP) is 2.74. The molecule has 0 saturated heterocycles. The van der Waals surface area contributed by atoms with E-state index in [-0.39, 0.29) is 5.91 Å². The SMILES string of the molecule is CCc1ocnc1C(=O)N(C)CCc1nc2c(C)cccc2[nH]1. The molecule has 3 aromatic rings. The average Bonchev–Trinajstić information content (AvgIpc) is 3.18. The summed E-state index contributed by atoms with van der Waals surface area (Å²) < 4.78 is 5.22. The average molecular weight is 312 g/mol. The van der Waals surface area contributed by atoms with E-state index in [1.54, 1.807) is 11.9 Å². The molecular formula is C17H20N4O2. The number of oxazole rings is 1. The monoisotopic (exact) mass is 312 g/mol. The van der Waals surface area contributed by atoms with Crippen LogP contribution in [0.4, 0.5) is 0 Å². The van der Waals surface area contributed by atoms with Gasteiger partial charge in [0, 0.05) is 26.4 Å². The number of nitrogens with zero attached hydrogens (tertiary/aromatic N) is 3. The van der Waals surface area contributed by atoms with E-state index in [9.17, 15) is 4.79 Å². The summed E-state index contributed by atoms with van der Waals surface area (Å²) in [6.45, 7) is 4.54. The Kier molecular flexibility index (Phi) is 4.14. The summed E-state index contributed by atoms with van der Waals surface area (Å²) in [5.74, 6) is 1.38. The Bertz CT molecular complexity index is 834. The second-order valence-corrected chi connectivity index (χ2v) is 5.61. The van der Waals surface area contributed by atoms with Gasteiger partial charge in [-0.15, -0.1) is 0 Å². The molecule has 0 radical (unpaired) electrons. The minimum Gasteiger partial charge on any atom is -0.448 e. The summed E-state index contributed by atoms with van der Waals surface area (Å²) in [6, 6.07) is 6.06. The number of rotatable bonds is 5. The number of fused-ring (bicyclic) bond motifs is 1. The standard InChI is InChI=1S/C17H20N4O2/c1-4-13-16(18-10-23-13)17(22)21(3)9-8-14-19-12-7-5-6-11(2)15(12)20-14/h5-7,10H,4,8-9H2,1-3H3,(H,19,20). The third kappa shape index (κ3) is 2.97. The number of aromatic nitrogens is 3. The Balaban J connectivity index is 1.69. The minimum atomic E-state index is -0.122. The molecule has 23 heavy (non-hydrogen) atoms. The highest BCUT2D eigenvalue weighted by Gasteiger charge is 2.19. The van der Waals surface area contributed by atoms with Crippen LogP contribution >= 0.6 is 0 Å². The first-order valence-electron chi connectivity index (χ1n) is 7.72. The number of aromatic amines is 1. The number of H-pyrrole nitrogens is 1. The molecule has 2 heterocycles. The van der Waals surface area contributed by atoms with E-state index >= 15 is 0 Å². The highest BCUT2D eigenvalue weighted by Crippen LogP contribution is 2.16. The van der Waals surface area contributed by atoms with E-state index in [1.165, 1.54) is 6.39 Å². The summed E-state index contributed by atoms with van der Waals surface area (Å²) in [7, 11) is 1.77. The molecule has 6 nitrogen and oxygen atoms in total. The smallest absolute Gasteiger partial charge is 0.275 e. The van der Waals surface area contributed by atoms with E-state index in [1.807, 2.05) is 32.0 Å². The summed E-state index contributed by atoms with van der Waals surface area (Å²) >= 11 is 0. The number of imidazole rings is 1. The van der Waals surface area contributed by atoms with Crippen LogP contribution in [0.1, 0.15) is 34.6 Å². The van der Waals surface area contributed by atoms with Gasteiger partial charge in [0.15, 0.2) is 12.1 Å². The number of carbonyl (C=O) groups is 1. The Morgan fingerprint density at radius 3 is 2.96 bits per heavy atom. The maximum Gasteiger partial charge on any atom is 0.275 e. The minimum absolute atomic E-state index is 0.122. The first-order valence-corrected chi connectivity index (χ1v) is 7.72. The van der Waals surface area contributed by atoms with Gasteiger partial charge in [0.25, 0.3) is 5.91 Å². The zero-order chi connectivity index (χ0) is 16.4. The molecule has 0 atom stereocenters. The van der Waals surface area contributed by atoms with Crippen LogP contribution in [0.2, 0.25) is 0 Å². The first kappa shape index (κ1) is 15.3. The lowest BCUT2D eigenvalue weighted by Crippen LogP contribution is -2.30. The second-order valence-electron chi connectivity index (χ2n) is 5.61. The van der Waals surface area contributed by atoms with Crippen molar-refractivity contribution in [2.75, 3.05) is 13.6 Å². The second kappa shape index (κ2) is 6.24.